The van der Waals surface area contributed by atoms with Crippen molar-refractivity contribution in [3.05, 3.63) is 35.9 Å². The zero-order valence-corrected chi connectivity index (χ0v) is 16.2. The number of carbonyl (C=O) groups is 3. The van der Waals surface area contributed by atoms with Crippen molar-refractivity contribution in [3.63, 3.8) is 0 Å². The summed E-state index contributed by atoms with van der Waals surface area (Å²) < 4.78 is 0. The Kier molecular flexibility index (Phi) is 4.74. The lowest BCUT2D eigenvalue weighted by Crippen LogP contribution is -2.54. The standard InChI is InChI=1S/C20H26N4O4/c1-20(2)10-15(20)17(25)21-22-18(26)16-9-8-14-11-23(16)19(27)24(14)28-12-13-6-4-3-5-7-13/h3-7,14-16H,8-12H2,1-2H3,(H,21,25)(H,22,26)/t14-,15+,16+/m1/s1. The van der Waals surface area contributed by atoms with Gasteiger partial charge < -0.3 is 4.90 Å². The van der Waals surface area contributed by atoms with Crippen LogP contribution < -0.4 is 10.9 Å². The van der Waals surface area contributed by atoms with E-state index in [-0.39, 0.29) is 35.2 Å². The van der Waals surface area contributed by atoms with Gasteiger partial charge in [-0.3, -0.25) is 25.3 Å². The van der Waals surface area contributed by atoms with Gasteiger partial charge in [0.1, 0.15) is 12.6 Å². The first-order chi connectivity index (χ1) is 13.4. The molecule has 0 unspecified atom stereocenters. The van der Waals surface area contributed by atoms with E-state index in [1.165, 1.54) is 9.96 Å². The highest BCUT2D eigenvalue weighted by Crippen LogP contribution is 2.51. The molecule has 3 atom stereocenters. The average Bonchev–Trinajstić information content (AvgIpc) is 3.27. The monoisotopic (exact) mass is 386 g/mol. The van der Waals surface area contributed by atoms with Gasteiger partial charge in [-0.1, -0.05) is 44.2 Å². The fraction of sp³-hybridized carbons (Fsp3) is 0.550. The van der Waals surface area contributed by atoms with Crippen molar-refractivity contribution < 1.29 is 19.2 Å². The van der Waals surface area contributed by atoms with Gasteiger partial charge in [-0.15, -0.1) is 0 Å². The number of benzene rings is 1. The molecule has 1 saturated carbocycles. The molecule has 3 aliphatic rings. The van der Waals surface area contributed by atoms with Gasteiger partial charge >= 0.3 is 6.03 Å². The molecule has 2 saturated heterocycles. The van der Waals surface area contributed by atoms with E-state index in [2.05, 4.69) is 10.9 Å². The molecule has 2 N–H and O–H groups in total. The van der Waals surface area contributed by atoms with Crippen LogP contribution in [0.2, 0.25) is 0 Å². The maximum absolute atomic E-state index is 12.7. The summed E-state index contributed by atoms with van der Waals surface area (Å²) in [4.78, 5) is 44.6. The Morgan fingerprint density at radius 3 is 2.50 bits per heavy atom. The summed E-state index contributed by atoms with van der Waals surface area (Å²) in [5.74, 6) is -0.602. The smallest absolute Gasteiger partial charge is 0.309 e. The third-order valence-electron chi connectivity index (χ3n) is 5.98. The molecule has 4 amide bonds. The third kappa shape index (κ3) is 3.56. The molecule has 0 aromatic heterocycles. The van der Waals surface area contributed by atoms with Gasteiger partial charge in [0.05, 0.1) is 6.04 Å². The molecular weight excluding hydrogens is 360 g/mol. The van der Waals surface area contributed by atoms with Crippen LogP contribution in [-0.4, -0.2) is 46.4 Å². The van der Waals surface area contributed by atoms with Gasteiger partial charge in [0, 0.05) is 12.5 Å². The van der Waals surface area contributed by atoms with Crippen molar-refractivity contribution in [2.75, 3.05) is 6.54 Å². The van der Waals surface area contributed by atoms with Gasteiger partial charge in [-0.2, -0.15) is 5.06 Å². The summed E-state index contributed by atoms with van der Waals surface area (Å²) in [6.45, 7) is 4.80. The van der Waals surface area contributed by atoms with Crippen LogP contribution in [0.4, 0.5) is 4.79 Å². The van der Waals surface area contributed by atoms with Crippen molar-refractivity contribution in [1.82, 2.24) is 20.8 Å². The number of piperidine rings is 1. The predicted molar refractivity (Wildman–Crippen MR) is 100 cm³/mol. The SMILES string of the molecule is CC1(C)C[C@H]1C(=O)NNC(=O)[C@@H]1CC[C@@H]2CN1C(=O)N2OCc1ccccc1. The zero-order chi connectivity index (χ0) is 19.9. The number of fused-ring (bicyclic) bond motifs is 2. The molecule has 1 aromatic carbocycles. The first-order valence-electron chi connectivity index (χ1n) is 9.73. The number of hydroxylamine groups is 2. The summed E-state index contributed by atoms with van der Waals surface area (Å²) in [7, 11) is 0. The molecule has 1 aliphatic carbocycles. The second kappa shape index (κ2) is 7.09. The topological polar surface area (TPSA) is 91.0 Å². The second-order valence-electron chi connectivity index (χ2n) is 8.49. The molecular formula is C20H26N4O4. The first kappa shape index (κ1) is 18.7. The normalized spacial score (nSPS) is 27.5. The van der Waals surface area contributed by atoms with Gasteiger partial charge in [0.2, 0.25) is 5.91 Å². The minimum atomic E-state index is -0.596. The van der Waals surface area contributed by atoms with E-state index in [0.29, 0.717) is 26.0 Å². The van der Waals surface area contributed by atoms with Crippen molar-refractivity contribution >= 4 is 17.8 Å². The number of hydrazine groups is 1. The summed E-state index contributed by atoms with van der Waals surface area (Å²) in [6.07, 6.45) is 2.04. The number of amides is 4. The lowest BCUT2D eigenvalue weighted by molar-refractivity contribution is -0.140. The van der Waals surface area contributed by atoms with E-state index in [0.717, 1.165) is 12.0 Å². The quantitative estimate of drug-likeness (QED) is 0.752. The zero-order valence-electron chi connectivity index (χ0n) is 16.2. The number of rotatable bonds is 5. The van der Waals surface area contributed by atoms with E-state index < -0.39 is 6.04 Å². The third-order valence-corrected chi connectivity index (χ3v) is 5.98. The lowest BCUT2D eigenvalue weighted by atomic mass is 10.0. The van der Waals surface area contributed by atoms with E-state index in [1.54, 1.807) is 0 Å². The number of hydrogen-bond acceptors (Lipinski definition) is 4. The second-order valence-corrected chi connectivity index (χ2v) is 8.49. The van der Waals surface area contributed by atoms with Gasteiger partial charge in [0.15, 0.2) is 0 Å². The summed E-state index contributed by atoms with van der Waals surface area (Å²) in [5, 5.41) is 1.39. The van der Waals surface area contributed by atoms with E-state index >= 15 is 0 Å². The van der Waals surface area contributed by atoms with Crippen LogP contribution in [0, 0.1) is 11.3 Å². The maximum Gasteiger partial charge on any atom is 0.345 e. The van der Waals surface area contributed by atoms with Crippen LogP contribution in [0.1, 0.15) is 38.7 Å². The number of urea groups is 1. The van der Waals surface area contributed by atoms with E-state index in [1.807, 2.05) is 44.2 Å². The van der Waals surface area contributed by atoms with Crippen molar-refractivity contribution in [1.29, 1.82) is 0 Å². The molecule has 8 heteroatoms. The lowest BCUT2D eigenvalue weighted by Gasteiger charge is -2.29. The summed E-state index contributed by atoms with van der Waals surface area (Å²) >= 11 is 0. The highest BCUT2D eigenvalue weighted by molar-refractivity contribution is 5.90. The Bertz CT molecular complexity index is 782. The minimum absolute atomic E-state index is 0.00557. The number of nitrogens with zero attached hydrogens (tertiary/aromatic N) is 2. The number of hydrogen-bond donors (Lipinski definition) is 2. The molecule has 0 radical (unpaired) electrons. The highest BCUT2D eigenvalue weighted by atomic mass is 16.7. The minimum Gasteiger partial charge on any atom is -0.309 e. The van der Waals surface area contributed by atoms with Crippen molar-refractivity contribution in [2.24, 2.45) is 11.3 Å². The van der Waals surface area contributed by atoms with Crippen LogP contribution >= 0.6 is 0 Å². The molecule has 4 rings (SSSR count). The van der Waals surface area contributed by atoms with Crippen LogP contribution in [0.3, 0.4) is 0 Å². The Hall–Kier alpha value is -2.61. The molecule has 3 fully saturated rings. The predicted octanol–water partition coefficient (Wildman–Crippen LogP) is 1.58. The summed E-state index contributed by atoms with van der Waals surface area (Å²) in [6, 6.07) is 8.69. The molecule has 2 bridgehead atoms. The van der Waals surface area contributed by atoms with Crippen molar-refractivity contribution in [3.8, 4) is 0 Å². The average molecular weight is 386 g/mol. The van der Waals surface area contributed by atoms with Crippen LogP contribution in [-0.2, 0) is 21.0 Å². The molecule has 8 nitrogen and oxygen atoms in total. The highest BCUT2D eigenvalue weighted by Gasteiger charge is 2.51. The first-order valence-corrected chi connectivity index (χ1v) is 9.73. The van der Waals surface area contributed by atoms with Gasteiger partial charge in [-0.05, 0) is 30.2 Å². The largest absolute Gasteiger partial charge is 0.345 e. The Morgan fingerprint density at radius 2 is 1.82 bits per heavy atom. The molecule has 2 aliphatic heterocycles. The number of nitrogens with one attached hydrogen (secondary N) is 2. The van der Waals surface area contributed by atoms with Crippen molar-refractivity contribution in [2.45, 2.75) is 51.8 Å². The van der Waals surface area contributed by atoms with Gasteiger partial charge in [0.25, 0.3) is 5.91 Å². The molecule has 28 heavy (non-hydrogen) atoms. The molecule has 150 valence electrons. The molecule has 0 spiro atoms. The Morgan fingerprint density at radius 1 is 1.14 bits per heavy atom. The van der Waals surface area contributed by atoms with Crippen LogP contribution in [0.25, 0.3) is 0 Å². The Balaban J connectivity index is 1.31. The van der Waals surface area contributed by atoms with Crippen LogP contribution in [0.15, 0.2) is 30.3 Å². The molecule has 1 aromatic rings. The fourth-order valence-corrected chi connectivity index (χ4v) is 4.00. The van der Waals surface area contributed by atoms with E-state index in [9.17, 15) is 14.4 Å². The maximum atomic E-state index is 12.7. The van der Waals surface area contributed by atoms with Crippen LogP contribution in [0.5, 0.6) is 0 Å². The Labute approximate surface area is 164 Å². The summed E-state index contributed by atoms with van der Waals surface area (Å²) in [5.41, 5.74) is 5.98. The van der Waals surface area contributed by atoms with E-state index in [4.69, 9.17) is 4.84 Å². The van der Waals surface area contributed by atoms with Gasteiger partial charge in [-0.25, -0.2) is 4.79 Å². The fourth-order valence-electron chi connectivity index (χ4n) is 4.00. The molecule has 2 heterocycles. The number of carbonyl (C=O) groups excluding carboxylic acids is 3.